The molecule has 1 aromatic rings. The van der Waals surface area contributed by atoms with Crippen LogP contribution in [0.2, 0.25) is 0 Å². The van der Waals surface area contributed by atoms with Crippen molar-refractivity contribution in [2.75, 3.05) is 12.8 Å². The van der Waals surface area contributed by atoms with Gasteiger partial charge in [-0.3, -0.25) is 4.79 Å². The molecule has 0 spiro atoms. The lowest BCUT2D eigenvalue weighted by molar-refractivity contribution is 0.0811. The highest BCUT2D eigenvalue weighted by Gasteiger charge is 2.27. The highest BCUT2D eigenvalue weighted by molar-refractivity contribution is 7.99. The first-order valence-electron chi connectivity index (χ1n) is 4.92. The third kappa shape index (κ3) is 4.19. The van der Waals surface area contributed by atoms with Crippen molar-refractivity contribution in [3.8, 4) is 0 Å². The van der Waals surface area contributed by atoms with Crippen LogP contribution in [0, 0.1) is 0 Å². The van der Waals surface area contributed by atoms with E-state index in [1.165, 1.54) is 6.26 Å². The van der Waals surface area contributed by atoms with E-state index in [2.05, 4.69) is 11.9 Å². The van der Waals surface area contributed by atoms with Gasteiger partial charge in [-0.2, -0.15) is 8.78 Å². The van der Waals surface area contributed by atoms with E-state index in [-0.39, 0.29) is 0 Å². The summed E-state index contributed by atoms with van der Waals surface area (Å²) in [7, 11) is 0. The molecule has 1 N–H and O–H groups in total. The molecule has 2 nitrogen and oxygen atoms in total. The van der Waals surface area contributed by atoms with Crippen molar-refractivity contribution in [2.24, 2.45) is 0 Å². The summed E-state index contributed by atoms with van der Waals surface area (Å²) in [6, 6.07) is 6.55. The summed E-state index contributed by atoms with van der Waals surface area (Å²) >= 11 is 0.409. The lowest BCUT2D eigenvalue weighted by Crippen LogP contribution is -2.34. The summed E-state index contributed by atoms with van der Waals surface area (Å²) in [6.45, 7) is 2.91. The molecular weight excluding hydrogens is 244 g/mol. The zero-order chi connectivity index (χ0) is 12.9. The van der Waals surface area contributed by atoms with E-state index in [0.29, 0.717) is 17.3 Å². The fourth-order valence-corrected chi connectivity index (χ4v) is 1.34. The van der Waals surface area contributed by atoms with Gasteiger partial charge in [0.15, 0.2) is 0 Å². The first kappa shape index (κ1) is 13.7. The van der Waals surface area contributed by atoms with E-state index in [4.69, 9.17) is 0 Å². The Balaban J connectivity index is 2.61. The smallest absolute Gasteiger partial charge is 0.310 e. The van der Waals surface area contributed by atoms with Crippen LogP contribution in [0.4, 0.5) is 8.78 Å². The molecule has 0 saturated heterocycles. The molecule has 0 aliphatic carbocycles. The molecule has 92 valence electrons. The van der Waals surface area contributed by atoms with E-state index < -0.39 is 17.7 Å². The van der Waals surface area contributed by atoms with Crippen LogP contribution in [0.15, 0.2) is 30.8 Å². The average molecular weight is 257 g/mol. The topological polar surface area (TPSA) is 29.1 Å². The Bertz CT molecular complexity index is 403. The van der Waals surface area contributed by atoms with E-state index in [9.17, 15) is 13.6 Å². The maximum absolute atomic E-state index is 12.9. The van der Waals surface area contributed by atoms with E-state index in [1.54, 1.807) is 30.3 Å². The normalized spacial score (nSPS) is 11.0. The summed E-state index contributed by atoms with van der Waals surface area (Å²) in [5.74, 6) is -0.505. The molecule has 0 heterocycles. The molecule has 0 unspecified atom stereocenters. The second-order valence-electron chi connectivity index (χ2n) is 3.35. The van der Waals surface area contributed by atoms with Crippen molar-refractivity contribution >= 4 is 23.7 Å². The van der Waals surface area contributed by atoms with Crippen LogP contribution in [0.5, 0.6) is 0 Å². The lowest BCUT2D eigenvalue weighted by Gasteiger charge is -2.13. The molecule has 1 aromatic carbocycles. The molecule has 0 fully saturated rings. The van der Waals surface area contributed by atoms with E-state index in [0.717, 1.165) is 5.56 Å². The number of nitrogens with one attached hydrogen (secondary N) is 1. The van der Waals surface area contributed by atoms with Gasteiger partial charge in [0.25, 0.3) is 5.91 Å². The molecule has 0 saturated carbocycles. The first-order valence-corrected chi connectivity index (χ1v) is 6.14. The van der Waals surface area contributed by atoms with Gasteiger partial charge >= 0.3 is 5.25 Å². The van der Waals surface area contributed by atoms with Crippen LogP contribution in [0.25, 0.3) is 6.08 Å². The third-order valence-electron chi connectivity index (χ3n) is 2.16. The minimum atomic E-state index is -2.93. The first-order chi connectivity index (χ1) is 7.98. The van der Waals surface area contributed by atoms with E-state index >= 15 is 0 Å². The second-order valence-corrected chi connectivity index (χ2v) is 4.36. The highest BCUT2D eigenvalue weighted by Crippen LogP contribution is 2.24. The summed E-state index contributed by atoms with van der Waals surface area (Å²) in [6.07, 6.45) is 2.94. The molecule has 0 atom stereocenters. The Morgan fingerprint density at radius 3 is 2.53 bits per heavy atom. The van der Waals surface area contributed by atoms with Crippen molar-refractivity contribution in [2.45, 2.75) is 5.25 Å². The van der Waals surface area contributed by atoms with Crippen molar-refractivity contribution in [3.05, 3.63) is 42.0 Å². The Morgan fingerprint density at radius 2 is 2.06 bits per heavy atom. The van der Waals surface area contributed by atoms with Gasteiger partial charge in [-0.1, -0.05) is 36.5 Å². The van der Waals surface area contributed by atoms with Gasteiger partial charge in [-0.05, 0) is 24.0 Å². The van der Waals surface area contributed by atoms with Crippen molar-refractivity contribution < 1.29 is 13.6 Å². The zero-order valence-corrected chi connectivity index (χ0v) is 10.2. The van der Waals surface area contributed by atoms with Gasteiger partial charge in [0.2, 0.25) is 0 Å². The molecule has 0 aromatic heterocycles. The molecule has 17 heavy (non-hydrogen) atoms. The van der Waals surface area contributed by atoms with Gasteiger partial charge in [0, 0.05) is 5.56 Å². The number of hydrogen-bond donors (Lipinski definition) is 1. The molecule has 0 radical (unpaired) electrons. The van der Waals surface area contributed by atoms with Crippen LogP contribution < -0.4 is 5.32 Å². The fraction of sp³-hybridized carbons (Fsp3) is 0.250. The number of amides is 1. The molecule has 1 amide bonds. The number of hydrogen-bond acceptors (Lipinski definition) is 2. The Hall–Kier alpha value is -1.36. The number of rotatable bonds is 5. The average Bonchev–Trinajstić information content (AvgIpc) is 2.36. The van der Waals surface area contributed by atoms with Crippen LogP contribution >= 0.6 is 11.8 Å². The zero-order valence-electron chi connectivity index (χ0n) is 9.37. The largest absolute Gasteiger partial charge is 0.345 e. The monoisotopic (exact) mass is 257 g/mol. The molecule has 0 aliphatic heterocycles. The minimum Gasteiger partial charge on any atom is -0.345 e. The fourth-order valence-electron chi connectivity index (χ4n) is 1.13. The maximum atomic E-state index is 12.9. The van der Waals surface area contributed by atoms with Gasteiger partial charge in [0.05, 0.1) is 6.54 Å². The number of carbonyl (C=O) groups excluding carboxylic acids is 1. The van der Waals surface area contributed by atoms with Gasteiger partial charge in [-0.15, -0.1) is 0 Å². The van der Waals surface area contributed by atoms with Crippen LogP contribution in [-0.2, 0) is 0 Å². The van der Waals surface area contributed by atoms with Crippen LogP contribution in [-0.4, -0.2) is 24.0 Å². The van der Waals surface area contributed by atoms with Crippen molar-refractivity contribution in [3.63, 3.8) is 0 Å². The third-order valence-corrected chi connectivity index (χ3v) is 2.90. The predicted molar refractivity (Wildman–Crippen MR) is 67.3 cm³/mol. The molecular formula is C12H13F2NOS. The maximum Gasteiger partial charge on any atom is 0.310 e. The number of halogens is 2. The standard InChI is InChI=1S/C12H13F2NOS/c1-3-9-4-6-10(7-5-9)11(16)15-8-12(13,14)17-2/h3-7H,1,8H2,2H3,(H,15,16). The molecule has 5 heteroatoms. The predicted octanol–water partition coefficient (Wildman–Crippen LogP) is 3.02. The van der Waals surface area contributed by atoms with E-state index in [1.807, 2.05) is 0 Å². The summed E-state index contributed by atoms with van der Waals surface area (Å²) in [4.78, 5) is 11.5. The number of benzene rings is 1. The highest BCUT2D eigenvalue weighted by atomic mass is 32.2. The van der Waals surface area contributed by atoms with Crippen molar-refractivity contribution in [1.29, 1.82) is 0 Å². The molecule has 0 aliphatic rings. The summed E-state index contributed by atoms with van der Waals surface area (Å²) < 4.78 is 25.8. The van der Waals surface area contributed by atoms with Gasteiger partial charge in [0.1, 0.15) is 0 Å². The minimum absolute atomic E-state index is 0.354. The Morgan fingerprint density at radius 1 is 1.47 bits per heavy atom. The van der Waals surface area contributed by atoms with Crippen molar-refractivity contribution in [1.82, 2.24) is 5.32 Å². The SMILES string of the molecule is C=Cc1ccc(C(=O)NCC(F)(F)SC)cc1. The van der Waals surface area contributed by atoms with Crippen LogP contribution in [0.1, 0.15) is 15.9 Å². The lowest BCUT2D eigenvalue weighted by atomic mass is 10.1. The second kappa shape index (κ2) is 5.82. The van der Waals surface area contributed by atoms with Crippen LogP contribution in [0.3, 0.4) is 0 Å². The van der Waals surface area contributed by atoms with Gasteiger partial charge in [-0.25, -0.2) is 0 Å². The number of carbonyl (C=O) groups is 1. The van der Waals surface area contributed by atoms with Gasteiger partial charge < -0.3 is 5.32 Å². The molecule has 0 bridgehead atoms. The Labute approximate surface area is 103 Å². The summed E-state index contributed by atoms with van der Waals surface area (Å²) in [5.41, 5.74) is 1.23. The summed E-state index contributed by atoms with van der Waals surface area (Å²) in [5, 5.41) is -0.742. The number of alkyl halides is 2. The quantitative estimate of drug-likeness (QED) is 0.878. The molecule has 1 rings (SSSR count). The number of thioether (sulfide) groups is 1. The Kier molecular flexibility index (Phi) is 4.69.